The SMILES string of the molecule is Nc1ccccc1C1NC(=S)C(CCN2CCOCC2)c2ccccc21. The van der Waals surface area contributed by atoms with Gasteiger partial charge in [-0.3, -0.25) is 4.90 Å². The van der Waals surface area contributed by atoms with Crippen molar-refractivity contribution < 1.29 is 4.74 Å². The van der Waals surface area contributed by atoms with Gasteiger partial charge in [0.25, 0.3) is 0 Å². The van der Waals surface area contributed by atoms with Crippen LogP contribution in [0.2, 0.25) is 0 Å². The fourth-order valence-corrected chi connectivity index (χ4v) is 4.36. The van der Waals surface area contributed by atoms with Gasteiger partial charge in [0.15, 0.2) is 0 Å². The van der Waals surface area contributed by atoms with Crippen LogP contribution in [0.3, 0.4) is 0 Å². The molecule has 5 heteroatoms. The number of ether oxygens (including phenoxy) is 1. The Labute approximate surface area is 160 Å². The number of nitrogens with one attached hydrogen (secondary N) is 1. The number of hydrogen-bond acceptors (Lipinski definition) is 4. The molecule has 2 aromatic rings. The van der Waals surface area contributed by atoms with Crippen LogP contribution in [0.1, 0.15) is 35.1 Å². The van der Waals surface area contributed by atoms with Gasteiger partial charge in [-0.25, -0.2) is 0 Å². The van der Waals surface area contributed by atoms with Crippen LogP contribution in [0.4, 0.5) is 5.69 Å². The zero-order valence-electron chi connectivity index (χ0n) is 14.9. The van der Waals surface area contributed by atoms with Crippen molar-refractivity contribution in [3.8, 4) is 0 Å². The molecule has 0 bridgehead atoms. The third-order valence-corrected chi connectivity index (χ3v) is 5.83. The van der Waals surface area contributed by atoms with Crippen LogP contribution in [0.5, 0.6) is 0 Å². The molecule has 2 aromatic carbocycles. The van der Waals surface area contributed by atoms with Gasteiger partial charge in [-0.05, 0) is 30.2 Å². The molecule has 4 rings (SSSR count). The molecule has 1 fully saturated rings. The Kier molecular flexibility index (Phi) is 5.20. The Balaban J connectivity index is 1.60. The van der Waals surface area contributed by atoms with E-state index in [-0.39, 0.29) is 12.0 Å². The average molecular weight is 368 g/mol. The van der Waals surface area contributed by atoms with Gasteiger partial charge in [0.05, 0.1) is 24.2 Å². The quantitative estimate of drug-likeness (QED) is 0.642. The molecule has 0 spiro atoms. The van der Waals surface area contributed by atoms with Gasteiger partial charge in [0.2, 0.25) is 0 Å². The van der Waals surface area contributed by atoms with E-state index in [9.17, 15) is 0 Å². The van der Waals surface area contributed by atoms with E-state index >= 15 is 0 Å². The van der Waals surface area contributed by atoms with Crippen LogP contribution in [0.15, 0.2) is 48.5 Å². The van der Waals surface area contributed by atoms with Gasteiger partial charge in [-0.2, -0.15) is 0 Å². The van der Waals surface area contributed by atoms with E-state index in [2.05, 4.69) is 40.5 Å². The number of fused-ring (bicyclic) bond motifs is 1. The van der Waals surface area contributed by atoms with Gasteiger partial charge in [-0.15, -0.1) is 0 Å². The Morgan fingerprint density at radius 1 is 1.00 bits per heavy atom. The van der Waals surface area contributed by atoms with Crippen LogP contribution in [0, 0.1) is 0 Å². The molecule has 0 radical (unpaired) electrons. The minimum Gasteiger partial charge on any atom is -0.398 e. The van der Waals surface area contributed by atoms with Crippen LogP contribution < -0.4 is 11.1 Å². The van der Waals surface area contributed by atoms with Crippen molar-refractivity contribution in [3.05, 3.63) is 65.2 Å². The number of benzene rings is 2. The molecule has 0 aliphatic carbocycles. The van der Waals surface area contributed by atoms with E-state index in [1.807, 2.05) is 18.2 Å². The molecule has 2 aliphatic heterocycles. The van der Waals surface area contributed by atoms with Crippen LogP contribution >= 0.6 is 12.2 Å². The summed E-state index contributed by atoms with van der Waals surface area (Å²) in [7, 11) is 0. The molecular formula is C21H25N3OS. The highest BCUT2D eigenvalue weighted by Crippen LogP contribution is 2.38. The molecule has 2 aliphatic rings. The van der Waals surface area contributed by atoms with Gasteiger partial charge in [-0.1, -0.05) is 54.7 Å². The number of anilines is 1. The van der Waals surface area contributed by atoms with Gasteiger partial charge < -0.3 is 15.8 Å². The van der Waals surface area contributed by atoms with Crippen LogP contribution in [-0.4, -0.2) is 42.7 Å². The maximum absolute atomic E-state index is 6.24. The average Bonchev–Trinajstić information content (AvgIpc) is 2.68. The van der Waals surface area contributed by atoms with E-state index in [0.29, 0.717) is 0 Å². The Hall–Kier alpha value is -1.95. The molecule has 1 saturated heterocycles. The monoisotopic (exact) mass is 367 g/mol. The molecule has 2 atom stereocenters. The van der Waals surface area contributed by atoms with E-state index in [0.717, 1.165) is 55.5 Å². The Morgan fingerprint density at radius 3 is 2.38 bits per heavy atom. The molecule has 0 aromatic heterocycles. The Bertz CT molecular complexity index is 788. The lowest BCUT2D eigenvalue weighted by Gasteiger charge is -2.36. The fourth-order valence-electron chi connectivity index (χ4n) is 4.00. The lowest BCUT2D eigenvalue weighted by Crippen LogP contribution is -2.41. The maximum atomic E-state index is 6.24. The molecule has 2 unspecified atom stereocenters. The summed E-state index contributed by atoms with van der Waals surface area (Å²) in [5.41, 5.74) is 10.7. The summed E-state index contributed by atoms with van der Waals surface area (Å²) in [4.78, 5) is 3.39. The molecule has 26 heavy (non-hydrogen) atoms. The summed E-state index contributed by atoms with van der Waals surface area (Å²) in [5.74, 6) is 0.255. The number of nitrogens with two attached hydrogens (primary N) is 1. The van der Waals surface area contributed by atoms with Gasteiger partial charge in [0.1, 0.15) is 0 Å². The van der Waals surface area contributed by atoms with E-state index in [4.69, 9.17) is 22.7 Å². The second-order valence-corrected chi connectivity index (χ2v) is 7.43. The number of hydrogen-bond donors (Lipinski definition) is 2. The second kappa shape index (κ2) is 7.74. The number of morpholine rings is 1. The molecule has 136 valence electrons. The van der Waals surface area contributed by atoms with Crippen molar-refractivity contribution >= 4 is 22.9 Å². The maximum Gasteiger partial charge on any atom is 0.0837 e. The normalized spacial score (nSPS) is 23.3. The second-order valence-electron chi connectivity index (χ2n) is 6.99. The number of nitrogens with zero attached hydrogens (tertiary/aromatic N) is 1. The first-order valence-electron chi connectivity index (χ1n) is 9.28. The number of para-hydroxylation sites is 1. The van der Waals surface area contributed by atoms with Gasteiger partial charge in [0, 0.05) is 30.3 Å². The largest absolute Gasteiger partial charge is 0.398 e. The van der Waals surface area contributed by atoms with Crippen molar-refractivity contribution in [3.63, 3.8) is 0 Å². The van der Waals surface area contributed by atoms with E-state index < -0.39 is 0 Å². The predicted molar refractivity (Wildman–Crippen MR) is 109 cm³/mol. The zero-order chi connectivity index (χ0) is 17.9. The lowest BCUT2D eigenvalue weighted by molar-refractivity contribution is 0.0371. The molecular weight excluding hydrogens is 342 g/mol. The number of rotatable bonds is 4. The van der Waals surface area contributed by atoms with Crippen molar-refractivity contribution in [2.45, 2.75) is 18.4 Å². The molecule has 0 amide bonds. The molecule has 3 N–H and O–H groups in total. The smallest absolute Gasteiger partial charge is 0.0837 e. The first-order chi connectivity index (χ1) is 12.7. The summed E-state index contributed by atoms with van der Waals surface area (Å²) in [6, 6.07) is 16.7. The highest BCUT2D eigenvalue weighted by molar-refractivity contribution is 7.80. The third kappa shape index (κ3) is 3.47. The number of thiocarbonyl (C=S) groups is 1. The third-order valence-electron chi connectivity index (χ3n) is 5.43. The molecule has 4 nitrogen and oxygen atoms in total. The van der Waals surface area contributed by atoms with E-state index in [1.54, 1.807) is 0 Å². The van der Waals surface area contributed by atoms with E-state index in [1.165, 1.54) is 11.1 Å². The summed E-state index contributed by atoms with van der Waals surface area (Å²) in [6.45, 7) is 4.73. The lowest BCUT2D eigenvalue weighted by atomic mass is 9.82. The highest BCUT2D eigenvalue weighted by atomic mass is 32.1. The first-order valence-corrected chi connectivity index (χ1v) is 9.68. The summed E-state index contributed by atoms with van der Waals surface area (Å²) < 4.78 is 5.45. The molecule has 2 heterocycles. The van der Waals surface area contributed by atoms with Crippen molar-refractivity contribution in [2.75, 3.05) is 38.6 Å². The highest BCUT2D eigenvalue weighted by Gasteiger charge is 2.32. The predicted octanol–water partition coefficient (Wildman–Crippen LogP) is 3.09. The summed E-state index contributed by atoms with van der Waals surface area (Å²) in [5, 5.41) is 3.58. The topological polar surface area (TPSA) is 50.5 Å². The summed E-state index contributed by atoms with van der Waals surface area (Å²) >= 11 is 5.80. The minimum atomic E-state index is 0.0273. The standard InChI is InChI=1S/C21H25N3OS/c22-19-8-4-3-7-18(19)20-16-6-2-1-5-15(16)17(21(26)23-20)9-10-24-11-13-25-14-12-24/h1-8,17,20H,9-14,22H2,(H,23,26). The minimum absolute atomic E-state index is 0.0273. The fraction of sp³-hybridized carbons (Fsp3) is 0.381. The molecule has 0 saturated carbocycles. The van der Waals surface area contributed by atoms with Crippen molar-refractivity contribution in [2.24, 2.45) is 0 Å². The zero-order valence-corrected chi connectivity index (χ0v) is 15.7. The van der Waals surface area contributed by atoms with Crippen LogP contribution in [0.25, 0.3) is 0 Å². The van der Waals surface area contributed by atoms with Gasteiger partial charge >= 0.3 is 0 Å². The Morgan fingerprint density at radius 2 is 1.65 bits per heavy atom. The van der Waals surface area contributed by atoms with Crippen molar-refractivity contribution in [1.29, 1.82) is 0 Å². The number of nitrogen functional groups attached to an aromatic ring is 1. The first kappa shape index (κ1) is 17.5. The van der Waals surface area contributed by atoms with Crippen molar-refractivity contribution in [1.82, 2.24) is 10.2 Å². The summed E-state index contributed by atoms with van der Waals surface area (Å²) in [6.07, 6.45) is 1.03. The van der Waals surface area contributed by atoms with Crippen LogP contribution in [-0.2, 0) is 4.74 Å².